The van der Waals surface area contributed by atoms with Crippen molar-refractivity contribution in [3.05, 3.63) is 23.5 Å². The standard InChI is InChI=1S/C9H10FNS/c1-6-2-3-7-9(8(6)10)12-5-4-11-7/h2-3,11H,4-5H2,1H3. The molecule has 0 amide bonds. The molecule has 1 aliphatic rings. The van der Waals surface area contributed by atoms with Crippen LogP contribution in [0.3, 0.4) is 0 Å². The summed E-state index contributed by atoms with van der Waals surface area (Å²) in [6.07, 6.45) is 0. The lowest BCUT2D eigenvalue weighted by Gasteiger charge is -2.18. The zero-order chi connectivity index (χ0) is 8.55. The Labute approximate surface area is 75.4 Å². The monoisotopic (exact) mass is 183 g/mol. The molecule has 0 unspecified atom stereocenters. The van der Waals surface area contributed by atoms with Crippen LogP contribution in [0.2, 0.25) is 0 Å². The largest absolute Gasteiger partial charge is 0.383 e. The van der Waals surface area contributed by atoms with Gasteiger partial charge in [0, 0.05) is 12.3 Å². The van der Waals surface area contributed by atoms with Gasteiger partial charge in [-0.15, -0.1) is 11.8 Å². The van der Waals surface area contributed by atoms with E-state index in [1.165, 1.54) is 0 Å². The lowest BCUT2D eigenvalue weighted by Crippen LogP contribution is -2.11. The molecule has 0 aromatic heterocycles. The molecule has 12 heavy (non-hydrogen) atoms. The van der Waals surface area contributed by atoms with E-state index in [2.05, 4.69) is 5.32 Å². The highest BCUT2D eigenvalue weighted by Crippen LogP contribution is 2.34. The van der Waals surface area contributed by atoms with Gasteiger partial charge in [-0.05, 0) is 18.6 Å². The van der Waals surface area contributed by atoms with Gasteiger partial charge < -0.3 is 5.32 Å². The van der Waals surface area contributed by atoms with E-state index in [1.807, 2.05) is 12.1 Å². The zero-order valence-electron chi connectivity index (χ0n) is 6.86. The van der Waals surface area contributed by atoms with E-state index in [9.17, 15) is 4.39 Å². The van der Waals surface area contributed by atoms with E-state index in [0.29, 0.717) is 0 Å². The predicted molar refractivity (Wildman–Crippen MR) is 50.4 cm³/mol. The Kier molecular flexibility index (Phi) is 1.97. The van der Waals surface area contributed by atoms with E-state index in [4.69, 9.17) is 0 Å². The van der Waals surface area contributed by atoms with Crippen molar-refractivity contribution < 1.29 is 4.39 Å². The van der Waals surface area contributed by atoms with Crippen LogP contribution in [0.1, 0.15) is 5.56 Å². The molecule has 0 saturated heterocycles. The molecule has 1 N–H and O–H groups in total. The van der Waals surface area contributed by atoms with Gasteiger partial charge in [0.2, 0.25) is 0 Å². The maximum atomic E-state index is 13.4. The fraction of sp³-hybridized carbons (Fsp3) is 0.333. The quantitative estimate of drug-likeness (QED) is 0.663. The molecule has 0 fully saturated rings. The Morgan fingerprint density at radius 2 is 2.33 bits per heavy atom. The van der Waals surface area contributed by atoms with Gasteiger partial charge in [-0.25, -0.2) is 4.39 Å². The number of nitrogens with one attached hydrogen (secondary N) is 1. The van der Waals surface area contributed by atoms with Crippen LogP contribution >= 0.6 is 11.8 Å². The van der Waals surface area contributed by atoms with Crippen LogP contribution in [0.5, 0.6) is 0 Å². The smallest absolute Gasteiger partial charge is 0.141 e. The summed E-state index contributed by atoms with van der Waals surface area (Å²) in [7, 11) is 0. The first-order chi connectivity index (χ1) is 5.79. The summed E-state index contributed by atoms with van der Waals surface area (Å²) < 4.78 is 13.4. The van der Waals surface area contributed by atoms with Crippen molar-refractivity contribution in [2.75, 3.05) is 17.6 Å². The zero-order valence-corrected chi connectivity index (χ0v) is 7.67. The molecule has 0 aliphatic carbocycles. The number of anilines is 1. The van der Waals surface area contributed by atoms with E-state index < -0.39 is 0 Å². The average molecular weight is 183 g/mol. The van der Waals surface area contributed by atoms with Crippen molar-refractivity contribution in [1.29, 1.82) is 0 Å². The first kappa shape index (κ1) is 7.92. The number of halogens is 1. The fourth-order valence-electron chi connectivity index (χ4n) is 1.27. The van der Waals surface area contributed by atoms with Crippen LogP contribution < -0.4 is 5.32 Å². The highest BCUT2D eigenvalue weighted by molar-refractivity contribution is 7.99. The van der Waals surface area contributed by atoms with Gasteiger partial charge in [-0.2, -0.15) is 0 Å². The number of fused-ring (bicyclic) bond motifs is 1. The van der Waals surface area contributed by atoms with Crippen LogP contribution in [0.25, 0.3) is 0 Å². The molecule has 0 saturated carbocycles. The third-order valence-electron chi connectivity index (χ3n) is 1.95. The Morgan fingerprint density at radius 3 is 3.17 bits per heavy atom. The highest BCUT2D eigenvalue weighted by atomic mass is 32.2. The second-order valence-corrected chi connectivity index (χ2v) is 3.95. The molecule has 64 valence electrons. The van der Waals surface area contributed by atoms with Crippen LogP contribution in [0, 0.1) is 12.7 Å². The maximum Gasteiger partial charge on any atom is 0.141 e. The van der Waals surface area contributed by atoms with E-state index in [1.54, 1.807) is 18.7 Å². The first-order valence-corrected chi connectivity index (χ1v) is 4.93. The van der Waals surface area contributed by atoms with E-state index >= 15 is 0 Å². The molecule has 1 aromatic carbocycles. The summed E-state index contributed by atoms with van der Waals surface area (Å²) in [5.41, 5.74) is 1.67. The molecule has 1 aliphatic heterocycles. The number of rotatable bonds is 0. The predicted octanol–water partition coefficient (Wildman–Crippen LogP) is 2.65. The molecule has 1 nitrogen and oxygen atoms in total. The number of hydrogen-bond acceptors (Lipinski definition) is 2. The lowest BCUT2D eigenvalue weighted by molar-refractivity contribution is 0.593. The fourth-order valence-corrected chi connectivity index (χ4v) is 2.27. The van der Waals surface area contributed by atoms with Gasteiger partial charge in [-0.1, -0.05) is 6.07 Å². The van der Waals surface area contributed by atoms with Crippen molar-refractivity contribution in [3.8, 4) is 0 Å². The van der Waals surface area contributed by atoms with Crippen molar-refractivity contribution in [2.24, 2.45) is 0 Å². The molecular weight excluding hydrogens is 173 g/mol. The second-order valence-electron chi connectivity index (χ2n) is 2.85. The Morgan fingerprint density at radius 1 is 1.50 bits per heavy atom. The molecule has 3 heteroatoms. The van der Waals surface area contributed by atoms with Crippen LogP contribution in [-0.2, 0) is 0 Å². The van der Waals surface area contributed by atoms with E-state index in [-0.39, 0.29) is 5.82 Å². The van der Waals surface area contributed by atoms with Crippen LogP contribution in [-0.4, -0.2) is 12.3 Å². The van der Waals surface area contributed by atoms with Gasteiger partial charge in [0.15, 0.2) is 0 Å². The molecular formula is C9H10FNS. The third kappa shape index (κ3) is 1.18. The van der Waals surface area contributed by atoms with Crippen molar-refractivity contribution in [1.82, 2.24) is 0 Å². The van der Waals surface area contributed by atoms with Crippen molar-refractivity contribution >= 4 is 17.4 Å². The third-order valence-corrected chi connectivity index (χ3v) is 3.05. The normalized spacial score (nSPS) is 15.2. The van der Waals surface area contributed by atoms with Crippen LogP contribution in [0.15, 0.2) is 17.0 Å². The first-order valence-electron chi connectivity index (χ1n) is 3.95. The molecule has 0 spiro atoms. The number of aryl methyl sites for hydroxylation is 1. The Hall–Kier alpha value is -0.700. The van der Waals surface area contributed by atoms with Gasteiger partial charge in [-0.3, -0.25) is 0 Å². The van der Waals surface area contributed by atoms with Crippen molar-refractivity contribution in [2.45, 2.75) is 11.8 Å². The minimum Gasteiger partial charge on any atom is -0.383 e. The average Bonchev–Trinajstić information content (AvgIpc) is 2.12. The van der Waals surface area contributed by atoms with E-state index in [0.717, 1.165) is 28.4 Å². The molecule has 0 bridgehead atoms. The van der Waals surface area contributed by atoms with Crippen LogP contribution in [0.4, 0.5) is 10.1 Å². The lowest BCUT2D eigenvalue weighted by atomic mass is 10.2. The molecule has 1 aromatic rings. The Bertz CT molecular complexity index is 312. The summed E-state index contributed by atoms with van der Waals surface area (Å²) in [4.78, 5) is 0.779. The summed E-state index contributed by atoms with van der Waals surface area (Å²) in [6, 6.07) is 3.76. The highest BCUT2D eigenvalue weighted by Gasteiger charge is 2.14. The van der Waals surface area contributed by atoms with Gasteiger partial charge in [0.05, 0.1) is 10.6 Å². The summed E-state index contributed by atoms with van der Waals surface area (Å²) >= 11 is 1.59. The SMILES string of the molecule is Cc1ccc2c(c1F)SCCN2. The summed E-state index contributed by atoms with van der Waals surface area (Å²) in [6.45, 7) is 2.73. The minimum atomic E-state index is -0.0651. The topological polar surface area (TPSA) is 12.0 Å². The molecule has 1 heterocycles. The number of hydrogen-bond donors (Lipinski definition) is 1. The number of benzene rings is 1. The summed E-state index contributed by atoms with van der Waals surface area (Å²) in [5, 5.41) is 3.17. The summed E-state index contributed by atoms with van der Waals surface area (Å²) in [5.74, 6) is 0.887. The molecule has 2 rings (SSSR count). The Balaban J connectivity index is 2.54. The minimum absolute atomic E-state index is 0.0651. The van der Waals surface area contributed by atoms with Gasteiger partial charge in [0.25, 0.3) is 0 Å². The van der Waals surface area contributed by atoms with Crippen molar-refractivity contribution in [3.63, 3.8) is 0 Å². The second kappa shape index (κ2) is 2.98. The van der Waals surface area contributed by atoms with Gasteiger partial charge >= 0.3 is 0 Å². The van der Waals surface area contributed by atoms with Gasteiger partial charge in [0.1, 0.15) is 5.82 Å². The maximum absolute atomic E-state index is 13.4. The number of thioether (sulfide) groups is 1. The molecule has 0 atom stereocenters. The molecule has 0 radical (unpaired) electrons.